The molecule has 0 bridgehead atoms. The summed E-state index contributed by atoms with van der Waals surface area (Å²) >= 11 is 0. The molecule has 0 saturated heterocycles. The van der Waals surface area contributed by atoms with E-state index in [4.69, 9.17) is 0 Å². The van der Waals surface area contributed by atoms with Gasteiger partial charge in [-0.15, -0.1) is 0 Å². The maximum absolute atomic E-state index is 12.9. The molecule has 0 aliphatic rings. The zero-order valence-electron chi connectivity index (χ0n) is 10.5. The summed E-state index contributed by atoms with van der Waals surface area (Å²) in [6.07, 6.45) is 1.59. The number of benzene rings is 1. The highest BCUT2D eigenvalue weighted by molar-refractivity contribution is 6.00. The minimum atomic E-state index is -0.375. The van der Waals surface area contributed by atoms with Gasteiger partial charge < -0.3 is 0 Å². The molecule has 0 radical (unpaired) electrons. The Morgan fingerprint density at radius 3 is 2.63 bits per heavy atom. The van der Waals surface area contributed by atoms with E-state index in [1.54, 1.807) is 17.9 Å². The predicted molar refractivity (Wildman–Crippen MR) is 67.4 cm³/mol. The van der Waals surface area contributed by atoms with Gasteiger partial charge in [-0.1, -0.05) is 0 Å². The van der Waals surface area contributed by atoms with Crippen LogP contribution < -0.4 is 0 Å². The molecule has 0 saturated carbocycles. The van der Waals surface area contributed by atoms with E-state index in [2.05, 4.69) is 10.2 Å². The third-order valence-electron chi connectivity index (χ3n) is 3.02. The minimum Gasteiger partial charge on any atom is -0.267 e. The number of rotatable bonds is 1. The zero-order valence-corrected chi connectivity index (χ0v) is 10.5. The molecule has 3 aromatic rings. The largest absolute Gasteiger partial charge is 0.278 e. The molecule has 6 heteroatoms. The summed E-state index contributed by atoms with van der Waals surface area (Å²) < 4.78 is 15.8. The third-order valence-corrected chi connectivity index (χ3v) is 3.02. The Bertz CT molecular complexity index is 770. The lowest BCUT2D eigenvalue weighted by atomic mass is 10.2. The van der Waals surface area contributed by atoms with Crippen LogP contribution >= 0.6 is 0 Å². The lowest BCUT2D eigenvalue weighted by Crippen LogP contribution is -2.13. The molecule has 1 aromatic carbocycles. The van der Waals surface area contributed by atoms with Crippen molar-refractivity contribution in [1.82, 2.24) is 19.6 Å². The highest BCUT2D eigenvalue weighted by Gasteiger charge is 2.17. The van der Waals surface area contributed by atoms with Crippen molar-refractivity contribution in [2.75, 3.05) is 0 Å². The summed E-state index contributed by atoms with van der Waals surface area (Å²) in [5.74, 6) is -0.675. The maximum atomic E-state index is 12.9. The normalized spacial score (nSPS) is 11.1. The Morgan fingerprint density at radius 1 is 1.26 bits per heavy atom. The van der Waals surface area contributed by atoms with E-state index in [0.29, 0.717) is 11.1 Å². The van der Waals surface area contributed by atoms with Gasteiger partial charge in [0.25, 0.3) is 5.91 Å². The molecule has 19 heavy (non-hydrogen) atoms. The lowest BCUT2D eigenvalue weighted by molar-refractivity contribution is 0.0950. The Labute approximate surface area is 108 Å². The van der Waals surface area contributed by atoms with E-state index in [0.717, 1.165) is 11.2 Å². The van der Waals surface area contributed by atoms with Gasteiger partial charge in [0.2, 0.25) is 0 Å². The molecule has 0 aliphatic heterocycles. The van der Waals surface area contributed by atoms with Gasteiger partial charge in [-0.05, 0) is 31.2 Å². The SMILES string of the molecule is Cc1nn(C)c2cnn(C(=O)c3ccc(F)cc3)c12. The minimum absolute atomic E-state index is 0.300. The van der Waals surface area contributed by atoms with E-state index >= 15 is 0 Å². The summed E-state index contributed by atoms with van der Waals surface area (Å²) in [6.45, 7) is 1.82. The molecule has 5 nitrogen and oxygen atoms in total. The van der Waals surface area contributed by atoms with Crippen molar-refractivity contribution < 1.29 is 9.18 Å². The Balaban J connectivity index is 2.14. The molecular formula is C13H11FN4O. The van der Waals surface area contributed by atoms with Gasteiger partial charge in [-0.25, -0.2) is 4.39 Å². The number of nitrogens with zero attached hydrogens (tertiary/aromatic N) is 4. The molecule has 2 aromatic heterocycles. The van der Waals surface area contributed by atoms with Crippen LogP contribution in [0.3, 0.4) is 0 Å². The molecule has 0 fully saturated rings. The van der Waals surface area contributed by atoms with Crippen LogP contribution in [0.4, 0.5) is 4.39 Å². The van der Waals surface area contributed by atoms with E-state index in [1.807, 2.05) is 6.92 Å². The van der Waals surface area contributed by atoms with Crippen molar-refractivity contribution in [3.05, 3.63) is 47.5 Å². The number of carbonyl (C=O) groups excluding carboxylic acids is 1. The van der Waals surface area contributed by atoms with E-state index in [9.17, 15) is 9.18 Å². The number of carbonyl (C=O) groups is 1. The summed E-state index contributed by atoms with van der Waals surface area (Å²) in [5.41, 5.74) is 2.57. The van der Waals surface area contributed by atoms with Crippen molar-refractivity contribution >= 4 is 16.9 Å². The van der Waals surface area contributed by atoms with Gasteiger partial charge in [-0.2, -0.15) is 14.9 Å². The molecular weight excluding hydrogens is 247 g/mol. The molecule has 0 amide bonds. The highest BCUT2D eigenvalue weighted by atomic mass is 19.1. The van der Waals surface area contributed by atoms with Crippen molar-refractivity contribution in [3.63, 3.8) is 0 Å². The molecule has 0 unspecified atom stereocenters. The van der Waals surface area contributed by atoms with Crippen molar-refractivity contribution in [2.45, 2.75) is 6.92 Å². The number of halogens is 1. The number of hydrogen-bond donors (Lipinski definition) is 0. The first kappa shape index (κ1) is 11.6. The summed E-state index contributed by atoms with van der Waals surface area (Å²) in [6, 6.07) is 5.39. The molecule has 96 valence electrons. The number of aryl methyl sites for hydroxylation is 2. The van der Waals surface area contributed by atoms with Gasteiger partial charge in [0, 0.05) is 12.6 Å². The van der Waals surface area contributed by atoms with E-state index in [-0.39, 0.29) is 11.7 Å². The fraction of sp³-hybridized carbons (Fsp3) is 0.154. The average molecular weight is 258 g/mol. The van der Waals surface area contributed by atoms with Gasteiger partial charge >= 0.3 is 0 Å². The Kier molecular flexibility index (Phi) is 2.45. The molecule has 0 spiro atoms. The number of hydrogen-bond acceptors (Lipinski definition) is 3. The van der Waals surface area contributed by atoms with Gasteiger partial charge in [0.05, 0.1) is 11.9 Å². The van der Waals surface area contributed by atoms with Gasteiger partial charge in [-0.3, -0.25) is 9.48 Å². The van der Waals surface area contributed by atoms with Crippen LogP contribution in [0.1, 0.15) is 16.1 Å². The number of fused-ring (bicyclic) bond motifs is 1. The monoisotopic (exact) mass is 258 g/mol. The van der Waals surface area contributed by atoms with Crippen LogP contribution in [0.2, 0.25) is 0 Å². The second-order valence-electron chi connectivity index (χ2n) is 4.31. The third kappa shape index (κ3) is 1.72. The smallest absolute Gasteiger partial charge is 0.267 e. The Hall–Kier alpha value is -2.50. The second-order valence-corrected chi connectivity index (χ2v) is 4.31. The highest BCUT2D eigenvalue weighted by Crippen LogP contribution is 2.18. The average Bonchev–Trinajstić information content (AvgIpc) is 2.93. The lowest BCUT2D eigenvalue weighted by Gasteiger charge is -2.01. The first-order chi connectivity index (χ1) is 9.08. The van der Waals surface area contributed by atoms with Crippen LogP contribution in [0.15, 0.2) is 30.5 Å². The van der Waals surface area contributed by atoms with Crippen LogP contribution in [-0.2, 0) is 7.05 Å². The van der Waals surface area contributed by atoms with Crippen molar-refractivity contribution in [3.8, 4) is 0 Å². The van der Waals surface area contributed by atoms with Crippen LogP contribution in [0, 0.1) is 12.7 Å². The second kappa shape index (κ2) is 4.01. The van der Waals surface area contributed by atoms with Gasteiger partial charge in [0.1, 0.15) is 16.9 Å². The van der Waals surface area contributed by atoms with E-state index < -0.39 is 0 Å². The van der Waals surface area contributed by atoms with Crippen LogP contribution in [-0.4, -0.2) is 25.5 Å². The molecule has 0 aliphatic carbocycles. The van der Waals surface area contributed by atoms with E-state index in [1.165, 1.54) is 28.9 Å². The van der Waals surface area contributed by atoms with Crippen LogP contribution in [0.25, 0.3) is 11.0 Å². The first-order valence-corrected chi connectivity index (χ1v) is 5.75. The topological polar surface area (TPSA) is 52.7 Å². The standard InChI is InChI=1S/C13H11FN4O/c1-8-12-11(17(2)16-8)7-15-18(12)13(19)9-3-5-10(14)6-4-9/h3-7H,1-2H3. The first-order valence-electron chi connectivity index (χ1n) is 5.75. The molecule has 0 N–H and O–H groups in total. The number of aromatic nitrogens is 4. The molecule has 3 rings (SSSR count). The summed E-state index contributed by atoms with van der Waals surface area (Å²) in [7, 11) is 1.80. The molecule has 2 heterocycles. The summed E-state index contributed by atoms with van der Waals surface area (Å²) in [5, 5.41) is 8.33. The fourth-order valence-corrected chi connectivity index (χ4v) is 2.11. The zero-order chi connectivity index (χ0) is 13.6. The quantitative estimate of drug-likeness (QED) is 0.670. The molecule has 0 atom stereocenters. The summed E-state index contributed by atoms with van der Waals surface area (Å²) in [4.78, 5) is 12.3. The van der Waals surface area contributed by atoms with Crippen LogP contribution in [0.5, 0.6) is 0 Å². The Morgan fingerprint density at radius 2 is 1.95 bits per heavy atom. The van der Waals surface area contributed by atoms with Crippen molar-refractivity contribution in [1.29, 1.82) is 0 Å². The van der Waals surface area contributed by atoms with Gasteiger partial charge in [0.15, 0.2) is 0 Å². The predicted octanol–water partition coefficient (Wildman–Crippen LogP) is 1.91. The fourth-order valence-electron chi connectivity index (χ4n) is 2.11. The van der Waals surface area contributed by atoms with Crippen molar-refractivity contribution in [2.24, 2.45) is 7.05 Å². The maximum Gasteiger partial charge on any atom is 0.278 e.